The minimum absolute atomic E-state index is 0.212. The SMILES string of the molecule is CCN(c1cccc(F)c1)c1ccnc(CNC2CC2)c1. The van der Waals surface area contributed by atoms with Gasteiger partial charge in [-0.25, -0.2) is 4.39 Å². The molecule has 1 heterocycles. The van der Waals surface area contributed by atoms with Gasteiger partial charge in [-0.2, -0.15) is 0 Å². The standard InChI is InChI=1S/C17H20FN3/c1-2-21(16-5-3-4-13(18)10-16)17-8-9-19-15(11-17)12-20-14-6-7-14/h3-5,8-11,14,20H,2,6-7,12H2,1H3. The fraction of sp³-hybridized carbons (Fsp3) is 0.353. The smallest absolute Gasteiger partial charge is 0.125 e. The predicted octanol–water partition coefficient (Wildman–Crippen LogP) is 3.63. The lowest BCUT2D eigenvalue weighted by atomic mass is 10.2. The van der Waals surface area contributed by atoms with Gasteiger partial charge in [0.2, 0.25) is 0 Å². The van der Waals surface area contributed by atoms with Crippen molar-refractivity contribution in [1.29, 1.82) is 0 Å². The van der Waals surface area contributed by atoms with E-state index in [1.165, 1.54) is 18.9 Å². The maximum atomic E-state index is 13.4. The van der Waals surface area contributed by atoms with Gasteiger partial charge in [-0.15, -0.1) is 0 Å². The molecule has 0 aliphatic heterocycles. The summed E-state index contributed by atoms with van der Waals surface area (Å²) in [6, 6.07) is 11.4. The van der Waals surface area contributed by atoms with Gasteiger partial charge in [-0.3, -0.25) is 4.98 Å². The monoisotopic (exact) mass is 285 g/mol. The lowest BCUT2D eigenvalue weighted by Crippen LogP contribution is -2.19. The summed E-state index contributed by atoms with van der Waals surface area (Å²) in [4.78, 5) is 6.49. The highest BCUT2D eigenvalue weighted by atomic mass is 19.1. The van der Waals surface area contributed by atoms with E-state index in [1.54, 1.807) is 12.1 Å². The Balaban J connectivity index is 1.80. The molecule has 1 fully saturated rings. The fourth-order valence-corrected chi connectivity index (χ4v) is 2.42. The summed E-state index contributed by atoms with van der Waals surface area (Å²) in [5.41, 5.74) is 2.93. The van der Waals surface area contributed by atoms with Crippen LogP contribution in [-0.4, -0.2) is 17.6 Å². The van der Waals surface area contributed by atoms with E-state index in [9.17, 15) is 4.39 Å². The number of hydrogen-bond donors (Lipinski definition) is 1. The molecule has 2 aromatic rings. The van der Waals surface area contributed by atoms with Crippen molar-refractivity contribution in [3.63, 3.8) is 0 Å². The highest BCUT2D eigenvalue weighted by Crippen LogP contribution is 2.26. The maximum absolute atomic E-state index is 13.4. The Morgan fingerprint density at radius 3 is 2.76 bits per heavy atom. The van der Waals surface area contributed by atoms with Crippen LogP contribution in [0, 0.1) is 5.82 Å². The van der Waals surface area contributed by atoms with Crippen LogP contribution in [0.1, 0.15) is 25.5 Å². The Kier molecular flexibility index (Phi) is 4.15. The first-order chi connectivity index (χ1) is 10.3. The quantitative estimate of drug-likeness (QED) is 0.878. The van der Waals surface area contributed by atoms with Crippen molar-refractivity contribution >= 4 is 11.4 Å². The fourth-order valence-electron chi connectivity index (χ4n) is 2.42. The first kappa shape index (κ1) is 14.0. The van der Waals surface area contributed by atoms with Gasteiger partial charge in [0, 0.05) is 36.7 Å². The molecule has 0 amide bonds. The van der Waals surface area contributed by atoms with Gasteiger partial charge < -0.3 is 10.2 Å². The van der Waals surface area contributed by atoms with Gasteiger partial charge in [-0.05, 0) is 50.1 Å². The summed E-state index contributed by atoms with van der Waals surface area (Å²) in [5.74, 6) is -0.212. The topological polar surface area (TPSA) is 28.2 Å². The Bertz CT molecular complexity index is 610. The van der Waals surface area contributed by atoms with Gasteiger partial charge >= 0.3 is 0 Å². The van der Waals surface area contributed by atoms with E-state index in [2.05, 4.69) is 28.2 Å². The van der Waals surface area contributed by atoms with Crippen LogP contribution in [0.5, 0.6) is 0 Å². The molecule has 3 nitrogen and oxygen atoms in total. The second kappa shape index (κ2) is 6.22. The minimum Gasteiger partial charge on any atom is -0.342 e. The first-order valence-electron chi connectivity index (χ1n) is 7.47. The number of aromatic nitrogens is 1. The molecular formula is C17H20FN3. The van der Waals surface area contributed by atoms with Gasteiger partial charge in [0.15, 0.2) is 0 Å². The van der Waals surface area contributed by atoms with Crippen LogP contribution in [0.2, 0.25) is 0 Å². The zero-order chi connectivity index (χ0) is 14.7. The van der Waals surface area contributed by atoms with Crippen molar-refractivity contribution in [3.8, 4) is 0 Å². The average Bonchev–Trinajstić information content (AvgIpc) is 3.31. The van der Waals surface area contributed by atoms with Crippen molar-refractivity contribution < 1.29 is 4.39 Å². The first-order valence-corrected chi connectivity index (χ1v) is 7.47. The van der Waals surface area contributed by atoms with Crippen LogP contribution >= 0.6 is 0 Å². The van der Waals surface area contributed by atoms with E-state index < -0.39 is 0 Å². The largest absolute Gasteiger partial charge is 0.342 e. The van der Waals surface area contributed by atoms with E-state index in [0.29, 0.717) is 6.04 Å². The summed E-state index contributed by atoms with van der Waals surface area (Å²) in [7, 11) is 0. The Morgan fingerprint density at radius 2 is 2.05 bits per heavy atom. The number of rotatable bonds is 6. The lowest BCUT2D eigenvalue weighted by molar-refractivity contribution is 0.627. The molecular weight excluding hydrogens is 265 g/mol. The molecule has 21 heavy (non-hydrogen) atoms. The zero-order valence-corrected chi connectivity index (χ0v) is 12.2. The summed E-state index contributed by atoms with van der Waals surface area (Å²) >= 11 is 0. The molecule has 1 aromatic carbocycles. The van der Waals surface area contributed by atoms with Gasteiger partial charge in [0.05, 0.1) is 5.69 Å². The molecule has 0 atom stereocenters. The van der Waals surface area contributed by atoms with Crippen molar-refractivity contribution in [2.45, 2.75) is 32.4 Å². The maximum Gasteiger partial charge on any atom is 0.125 e. The van der Waals surface area contributed by atoms with Crippen LogP contribution in [0.3, 0.4) is 0 Å². The van der Waals surface area contributed by atoms with Gasteiger partial charge in [0.1, 0.15) is 5.82 Å². The molecule has 1 aliphatic carbocycles. The summed E-state index contributed by atoms with van der Waals surface area (Å²) in [5, 5.41) is 3.46. The lowest BCUT2D eigenvalue weighted by Gasteiger charge is -2.23. The third-order valence-electron chi connectivity index (χ3n) is 3.70. The Morgan fingerprint density at radius 1 is 1.24 bits per heavy atom. The van der Waals surface area contributed by atoms with Gasteiger partial charge in [-0.1, -0.05) is 6.07 Å². The molecule has 1 N–H and O–H groups in total. The predicted molar refractivity (Wildman–Crippen MR) is 83.2 cm³/mol. The number of nitrogens with zero attached hydrogens (tertiary/aromatic N) is 2. The minimum atomic E-state index is -0.212. The number of anilines is 2. The molecule has 0 spiro atoms. The molecule has 1 saturated carbocycles. The number of hydrogen-bond acceptors (Lipinski definition) is 3. The van der Waals surface area contributed by atoms with Crippen molar-refractivity contribution in [2.24, 2.45) is 0 Å². The van der Waals surface area contributed by atoms with E-state index in [4.69, 9.17) is 0 Å². The molecule has 0 radical (unpaired) electrons. The normalized spacial score (nSPS) is 14.2. The second-order valence-corrected chi connectivity index (χ2v) is 5.38. The van der Waals surface area contributed by atoms with Crippen molar-refractivity contribution in [3.05, 3.63) is 54.1 Å². The third kappa shape index (κ3) is 3.58. The summed E-state index contributed by atoms with van der Waals surface area (Å²) < 4.78 is 13.4. The number of halogens is 1. The highest BCUT2D eigenvalue weighted by Gasteiger charge is 2.20. The highest BCUT2D eigenvalue weighted by molar-refractivity contribution is 5.63. The molecule has 0 unspecified atom stereocenters. The van der Waals surface area contributed by atoms with E-state index in [1.807, 2.05) is 18.3 Å². The van der Waals surface area contributed by atoms with Gasteiger partial charge in [0.25, 0.3) is 0 Å². The zero-order valence-electron chi connectivity index (χ0n) is 12.2. The van der Waals surface area contributed by atoms with Crippen LogP contribution in [-0.2, 0) is 6.54 Å². The van der Waals surface area contributed by atoms with E-state index in [-0.39, 0.29) is 5.82 Å². The Hall–Kier alpha value is -1.94. The molecule has 1 aliphatic rings. The van der Waals surface area contributed by atoms with Crippen molar-refractivity contribution in [1.82, 2.24) is 10.3 Å². The molecule has 0 bridgehead atoms. The molecule has 110 valence electrons. The van der Waals surface area contributed by atoms with Crippen LogP contribution in [0.4, 0.5) is 15.8 Å². The molecule has 0 saturated heterocycles. The second-order valence-electron chi connectivity index (χ2n) is 5.38. The Labute approximate surface area is 124 Å². The number of benzene rings is 1. The third-order valence-corrected chi connectivity index (χ3v) is 3.70. The number of pyridine rings is 1. The van der Waals surface area contributed by atoms with Crippen LogP contribution in [0.25, 0.3) is 0 Å². The summed E-state index contributed by atoms with van der Waals surface area (Å²) in [6.45, 7) is 3.63. The van der Waals surface area contributed by atoms with Crippen molar-refractivity contribution in [2.75, 3.05) is 11.4 Å². The van der Waals surface area contributed by atoms with Crippen LogP contribution in [0.15, 0.2) is 42.6 Å². The van der Waals surface area contributed by atoms with E-state index >= 15 is 0 Å². The molecule has 1 aromatic heterocycles. The van der Waals surface area contributed by atoms with E-state index in [0.717, 1.165) is 30.2 Å². The molecule has 3 rings (SSSR count). The average molecular weight is 285 g/mol. The van der Waals surface area contributed by atoms with Crippen LogP contribution < -0.4 is 10.2 Å². The number of nitrogens with one attached hydrogen (secondary N) is 1. The molecule has 4 heteroatoms. The summed E-state index contributed by atoms with van der Waals surface area (Å²) in [6.07, 6.45) is 4.36.